The average Bonchev–Trinajstić information content (AvgIpc) is 2.71. The summed E-state index contributed by atoms with van der Waals surface area (Å²) in [6.07, 6.45) is 0.991. The fourth-order valence-corrected chi connectivity index (χ4v) is 3.17. The normalized spacial score (nSPS) is 11.7. The van der Waals surface area contributed by atoms with Crippen LogP contribution in [0, 0.1) is 16.0 Å². The molecule has 1 atom stereocenters. The molecule has 0 aliphatic rings. The van der Waals surface area contributed by atoms with Crippen molar-refractivity contribution in [2.45, 2.75) is 33.2 Å². The fourth-order valence-electron chi connectivity index (χ4n) is 3.17. The smallest absolute Gasteiger partial charge is 0.338 e. The van der Waals surface area contributed by atoms with Gasteiger partial charge in [-0.05, 0) is 42.5 Å². The summed E-state index contributed by atoms with van der Waals surface area (Å²) in [6.45, 7) is 5.69. The van der Waals surface area contributed by atoms with Gasteiger partial charge in [0.1, 0.15) is 5.69 Å². The van der Waals surface area contributed by atoms with Gasteiger partial charge < -0.3 is 15.0 Å². The second-order valence-electron chi connectivity index (χ2n) is 8.06. The molecular weight excluding hydrogens is 398 g/mol. The summed E-state index contributed by atoms with van der Waals surface area (Å²) in [6, 6.07) is 11.8. The molecular formula is C23H29N3O5. The van der Waals surface area contributed by atoms with Gasteiger partial charge in [-0.3, -0.25) is 14.9 Å². The van der Waals surface area contributed by atoms with Crippen LogP contribution in [0.25, 0.3) is 0 Å². The Labute approximate surface area is 182 Å². The Morgan fingerprint density at radius 1 is 1.10 bits per heavy atom. The van der Waals surface area contributed by atoms with Gasteiger partial charge in [0, 0.05) is 20.2 Å². The molecule has 0 saturated heterocycles. The van der Waals surface area contributed by atoms with Crippen molar-refractivity contribution < 1.29 is 19.2 Å². The molecule has 0 aromatic heterocycles. The second-order valence-corrected chi connectivity index (χ2v) is 8.06. The number of amides is 1. The van der Waals surface area contributed by atoms with Crippen LogP contribution in [0.1, 0.15) is 48.3 Å². The number of carbonyl (C=O) groups excluding carboxylic acids is 2. The Hall–Kier alpha value is -3.42. The Morgan fingerprint density at radius 2 is 1.74 bits per heavy atom. The quantitative estimate of drug-likeness (QED) is 0.370. The minimum atomic E-state index is -0.797. The van der Waals surface area contributed by atoms with Gasteiger partial charge in [-0.1, -0.05) is 38.1 Å². The molecule has 0 aliphatic heterocycles. The van der Waals surface area contributed by atoms with E-state index in [-0.39, 0.29) is 17.3 Å². The third kappa shape index (κ3) is 6.80. The first-order valence-electron chi connectivity index (χ1n) is 10.1. The van der Waals surface area contributed by atoms with Crippen LogP contribution in [0.2, 0.25) is 0 Å². The number of anilines is 1. The molecule has 0 spiro atoms. The molecule has 0 fully saturated rings. The van der Waals surface area contributed by atoms with Gasteiger partial charge in [0.05, 0.1) is 16.5 Å². The first-order valence-corrected chi connectivity index (χ1v) is 10.1. The number of ether oxygens (including phenoxy) is 1. The molecule has 2 aromatic rings. The predicted octanol–water partition coefficient (Wildman–Crippen LogP) is 3.89. The number of benzene rings is 2. The van der Waals surface area contributed by atoms with Gasteiger partial charge in [-0.25, -0.2) is 4.79 Å². The molecule has 0 heterocycles. The summed E-state index contributed by atoms with van der Waals surface area (Å²) >= 11 is 0. The van der Waals surface area contributed by atoms with Gasteiger partial charge >= 0.3 is 5.97 Å². The molecule has 2 aromatic carbocycles. The molecule has 0 aliphatic carbocycles. The largest absolute Gasteiger partial charge is 0.452 e. The highest BCUT2D eigenvalue weighted by atomic mass is 16.6. The molecule has 31 heavy (non-hydrogen) atoms. The van der Waals surface area contributed by atoms with E-state index in [2.05, 4.69) is 19.2 Å². The Bertz CT molecular complexity index is 939. The lowest BCUT2D eigenvalue weighted by molar-refractivity contribution is -0.384. The zero-order chi connectivity index (χ0) is 23.1. The highest BCUT2D eigenvalue weighted by molar-refractivity contribution is 5.93. The standard InChI is InChI=1S/C23H29N3O5/c1-15(2)12-17-6-8-18(9-7-17)16(3)24-22(27)14-31-23(28)19-10-11-20(25(4)5)21(13-19)26(29)30/h6-11,13,15-16H,12,14H2,1-5H3,(H,24,27)/t16-/m1/s1. The summed E-state index contributed by atoms with van der Waals surface area (Å²) < 4.78 is 5.04. The van der Waals surface area contributed by atoms with Gasteiger partial charge in [0.15, 0.2) is 6.61 Å². The molecule has 8 nitrogen and oxygen atoms in total. The third-order valence-electron chi connectivity index (χ3n) is 4.73. The van der Waals surface area contributed by atoms with Crippen LogP contribution in [0.5, 0.6) is 0 Å². The molecule has 166 valence electrons. The van der Waals surface area contributed by atoms with Crippen molar-refractivity contribution in [3.63, 3.8) is 0 Å². The van der Waals surface area contributed by atoms with E-state index in [9.17, 15) is 19.7 Å². The lowest BCUT2D eigenvalue weighted by Crippen LogP contribution is -2.31. The summed E-state index contributed by atoms with van der Waals surface area (Å²) in [7, 11) is 3.34. The maximum absolute atomic E-state index is 12.2. The van der Waals surface area contributed by atoms with E-state index < -0.39 is 23.4 Å². The first kappa shape index (κ1) is 23.9. The summed E-state index contributed by atoms with van der Waals surface area (Å²) in [5, 5.41) is 14.0. The van der Waals surface area contributed by atoms with Crippen molar-refractivity contribution in [2.24, 2.45) is 5.92 Å². The van der Waals surface area contributed by atoms with Gasteiger partial charge in [0.25, 0.3) is 11.6 Å². The minimum Gasteiger partial charge on any atom is -0.452 e. The Balaban J connectivity index is 1.94. The highest BCUT2D eigenvalue weighted by Gasteiger charge is 2.20. The average molecular weight is 428 g/mol. The molecule has 1 amide bonds. The summed E-state index contributed by atoms with van der Waals surface area (Å²) in [5.74, 6) is -0.682. The van der Waals surface area contributed by atoms with Crippen molar-refractivity contribution in [1.29, 1.82) is 0 Å². The van der Waals surface area contributed by atoms with Crippen molar-refractivity contribution in [1.82, 2.24) is 5.32 Å². The summed E-state index contributed by atoms with van der Waals surface area (Å²) in [4.78, 5) is 36.7. The molecule has 0 radical (unpaired) electrons. The number of esters is 1. The number of carbonyl (C=O) groups is 2. The minimum absolute atomic E-state index is 0.0129. The van der Waals surface area contributed by atoms with E-state index in [1.54, 1.807) is 19.0 Å². The van der Waals surface area contributed by atoms with Crippen LogP contribution in [0.3, 0.4) is 0 Å². The fraction of sp³-hybridized carbons (Fsp3) is 0.391. The topological polar surface area (TPSA) is 102 Å². The maximum atomic E-state index is 12.2. The van der Waals surface area contributed by atoms with Crippen LogP contribution in [-0.4, -0.2) is 37.5 Å². The number of hydrogen-bond acceptors (Lipinski definition) is 6. The van der Waals surface area contributed by atoms with Crippen molar-refractivity contribution in [3.8, 4) is 0 Å². The molecule has 0 unspecified atom stereocenters. The number of nitrogens with one attached hydrogen (secondary N) is 1. The number of hydrogen-bond donors (Lipinski definition) is 1. The molecule has 8 heteroatoms. The van der Waals surface area contributed by atoms with Crippen molar-refractivity contribution >= 4 is 23.3 Å². The third-order valence-corrected chi connectivity index (χ3v) is 4.73. The van der Waals surface area contributed by atoms with E-state index in [1.165, 1.54) is 17.7 Å². The molecule has 0 saturated carbocycles. The maximum Gasteiger partial charge on any atom is 0.338 e. The van der Waals surface area contributed by atoms with Crippen LogP contribution >= 0.6 is 0 Å². The number of nitro groups is 1. The number of nitrogens with zero attached hydrogens (tertiary/aromatic N) is 2. The van der Waals surface area contributed by atoms with Gasteiger partial charge in [-0.2, -0.15) is 0 Å². The monoisotopic (exact) mass is 427 g/mol. The molecule has 1 N–H and O–H groups in total. The van der Waals surface area contributed by atoms with Crippen LogP contribution in [0.15, 0.2) is 42.5 Å². The Kier molecular flexibility index (Phi) is 8.13. The highest BCUT2D eigenvalue weighted by Crippen LogP contribution is 2.28. The van der Waals surface area contributed by atoms with E-state index in [4.69, 9.17) is 4.74 Å². The van der Waals surface area contributed by atoms with E-state index in [0.29, 0.717) is 11.6 Å². The Morgan fingerprint density at radius 3 is 2.29 bits per heavy atom. The summed E-state index contributed by atoms with van der Waals surface area (Å²) in [5.41, 5.74) is 2.35. The SMILES string of the molecule is CC(C)Cc1ccc([C@@H](C)NC(=O)COC(=O)c2ccc(N(C)C)c([N+](=O)[O-])c2)cc1. The second kappa shape index (κ2) is 10.6. The van der Waals surface area contributed by atoms with Crippen molar-refractivity contribution in [2.75, 3.05) is 25.6 Å². The molecule has 0 bridgehead atoms. The lowest BCUT2D eigenvalue weighted by atomic mass is 10.00. The molecule has 2 rings (SSSR count). The first-order chi connectivity index (χ1) is 14.6. The van der Waals surface area contributed by atoms with Gasteiger partial charge in [0.2, 0.25) is 0 Å². The van der Waals surface area contributed by atoms with E-state index in [0.717, 1.165) is 18.1 Å². The van der Waals surface area contributed by atoms with E-state index >= 15 is 0 Å². The van der Waals surface area contributed by atoms with Gasteiger partial charge in [-0.15, -0.1) is 0 Å². The van der Waals surface area contributed by atoms with Crippen LogP contribution < -0.4 is 10.2 Å². The van der Waals surface area contributed by atoms with Crippen LogP contribution in [-0.2, 0) is 16.0 Å². The van der Waals surface area contributed by atoms with Crippen molar-refractivity contribution in [3.05, 3.63) is 69.3 Å². The van der Waals surface area contributed by atoms with E-state index in [1.807, 2.05) is 31.2 Å². The lowest BCUT2D eigenvalue weighted by Gasteiger charge is -2.16. The zero-order valence-electron chi connectivity index (χ0n) is 18.5. The number of rotatable bonds is 9. The predicted molar refractivity (Wildman–Crippen MR) is 119 cm³/mol. The number of nitro benzene ring substituents is 1. The van der Waals surface area contributed by atoms with Crippen LogP contribution in [0.4, 0.5) is 11.4 Å². The zero-order valence-corrected chi connectivity index (χ0v) is 18.5.